The Balaban J connectivity index is 2.38. The number of rotatable bonds is 5. The van der Waals surface area contributed by atoms with Gasteiger partial charge in [-0.2, -0.15) is 13.2 Å². The minimum absolute atomic E-state index is 0.0352. The van der Waals surface area contributed by atoms with Crippen LogP contribution in [0.15, 0.2) is 28.7 Å². The number of carbonyl (C=O) groups is 1. The number of benzene rings is 1. The second-order valence-electron chi connectivity index (χ2n) is 3.69. The summed E-state index contributed by atoms with van der Waals surface area (Å²) < 4.78 is 36.6. The van der Waals surface area contributed by atoms with Crippen LogP contribution in [0.2, 0.25) is 0 Å². The molecule has 0 aliphatic heterocycles. The average molecular weight is 357 g/mol. The quantitative estimate of drug-likeness (QED) is 0.850. The number of nitrogens with one attached hydrogen (secondary N) is 1. The third-order valence-electron chi connectivity index (χ3n) is 2.14. The molecule has 0 saturated heterocycles. The maximum absolute atomic E-state index is 11.9. The minimum atomic E-state index is -4.29. The van der Waals surface area contributed by atoms with E-state index in [1.54, 1.807) is 24.3 Å². The van der Waals surface area contributed by atoms with E-state index in [1.165, 1.54) is 0 Å². The van der Waals surface area contributed by atoms with Crippen molar-refractivity contribution in [1.29, 1.82) is 0 Å². The Hall–Kier alpha value is -0.730. The highest BCUT2D eigenvalue weighted by Crippen LogP contribution is 2.30. The molecule has 0 aliphatic rings. The third kappa shape index (κ3) is 6.84. The summed E-state index contributed by atoms with van der Waals surface area (Å²) >= 11 is 3.07. The van der Waals surface area contributed by atoms with E-state index in [2.05, 4.69) is 21.2 Å². The molecule has 19 heavy (non-hydrogen) atoms. The van der Waals surface area contributed by atoms with Crippen LogP contribution in [0.5, 0.6) is 0 Å². The standard InChI is InChI=1S/C11H12BrF3N2OS/c12-7-1-3-8(4-2-7)17-10(18)9(16)5-6-19-11(13,14)15/h1-4,9H,5-6,16H2,(H,17,18). The van der Waals surface area contributed by atoms with Crippen LogP contribution in [-0.4, -0.2) is 23.2 Å². The molecule has 8 heteroatoms. The number of carbonyl (C=O) groups excluding carboxylic acids is 1. The van der Waals surface area contributed by atoms with Gasteiger partial charge in [0.25, 0.3) is 0 Å². The van der Waals surface area contributed by atoms with Crippen molar-refractivity contribution in [2.24, 2.45) is 5.73 Å². The minimum Gasteiger partial charge on any atom is -0.325 e. The summed E-state index contributed by atoms with van der Waals surface area (Å²) in [5.41, 5.74) is 1.78. The highest BCUT2D eigenvalue weighted by molar-refractivity contribution is 9.10. The Kier molecular flexibility index (Phi) is 6.15. The Morgan fingerprint density at radius 1 is 1.37 bits per heavy atom. The van der Waals surface area contributed by atoms with E-state index in [0.29, 0.717) is 5.69 Å². The summed E-state index contributed by atoms with van der Waals surface area (Å²) in [6, 6.07) is 5.85. The van der Waals surface area contributed by atoms with Crippen LogP contribution in [-0.2, 0) is 4.79 Å². The number of thioether (sulfide) groups is 1. The number of nitrogens with two attached hydrogens (primary N) is 1. The zero-order valence-electron chi connectivity index (χ0n) is 9.71. The zero-order valence-corrected chi connectivity index (χ0v) is 12.1. The van der Waals surface area contributed by atoms with E-state index < -0.39 is 17.5 Å². The van der Waals surface area contributed by atoms with Crippen LogP contribution in [0.3, 0.4) is 0 Å². The smallest absolute Gasteiger partial charge is 0.325 e. The lowest BCUT2D eigenvalue weighted by molar-refractivity contribution is -0.117. The highest BCUT2D eigenvalue weighted by atomic mass is 79.9. The molecule has 0 saturated carbocycles. The van der Waals surface area contributed by atoms with Gasteiger partial charge in [-0.3, -0.25) is 4.79 Å². The molecule has 0 fully saturated rings. The lowest BCUT2D eigenvalue weighted by Gasteiger charge is -2.12. The SMILES string of the molecule is NC(CCSC(F)(F)F)C(=O)Nc1ccc(Br)cc1. The Labute approximate surface area is 121 Å². The van der Waals surface area contributed by atoms with Crippen molar-refractivity contribution < 1.29 is 18.0 Å². The molecule has 0 bridgehead atoms. The van der Waals surface area contributed by atoms with Gasteiger partial charge in [-0.1, -0.05) is 27.7 Å². The fraction of sp³-hybridized carbons (Fsp3) is 0.364. The molecule has 1 amide bonds. The molecule has 3 nitrogen and oxygen atoms in total. The van der Waals surface area contributed by atoms with Crippen molar-refractivity contribution >= 4 is 39.3 Å². The maximum atomic E-state index is 11.9. The summed E-state index contributed by atoms with van der Waals surface area (Å²) in [5, 5.41) is 2.54. The second kappa shape index (κ2) is 7.16. The highest BCUT2D eigenvalue weighted by Gasteiger charge is 2.28. The average Bonchev–Trinajstić information content (AvgIpc) is 2.30. The van der Waals surface area contributed by atoms with E-state index in [0.717, 1.165) is 4.47 Å². The van der Waals surface area contributed by atoms with Gasteiger partial charge in [0.2, 0.25) is 5.91 Å². The van der Waals surface area contributed by atoms with Gasteiger partial charge in [-0.15, -0.1) is 0 Å². The van der Waals surface area contributed by atoms with Crippen molar-refractivity contribution in [3.63, 3.8) is 0 Å². The second-order valence-corrected chi connectivity index (χ2v) is 5.76. The van der Waals surface area contributed by atoms with Gasteiger partial charge in [0.05, 0.1) is 6.04 Å². The predicted octanol–water partition coefficient (Wildman–Crippen LogP) is 3.36. The fourth-order valence-electron chi connectivity index (χ4n) is 1.20. The topological polar surface area (TPSA) is 55.1 Å². The Bertz CT molecular complexity index is 425. The molecule has 1 aromatic carbocycles. The third-order valence-corrected chi connectivity index (χ3v) is 3.44. The van der Waals surface area contributed by atoms with Crippen molar-refractivity contribution in [3.8, 4) is 0 Å². The zero-order chi connectivity index (χ0) is 14.5. The normalized spacial score (nSPS) is 13.1. The van der Waals surface area contributed by atoms with Crippen LogP contribution in [0.4, 0.5) is 18.9 Å². The number of hydrogen-bond donors (Lipinski definition) is 2. The van der Waals surface area contributed by atoms with Gasteiger partial charge in [0, 0.05) is 15.9 Å². The Morgan fingerprint density at radius 3 is 2.47 bits per heavy atom. The summed E-state index contributed by atoms with van der Waals surface area (Å²) in [6.07, 6.45) is -0.0352. The van der Waals surface area contributed by atoms with Crippen LogP contribution in [0, 0.1) is 0 Å². The molecule has 0 aromatic heterocycles. The first kappa shape index (κ1) is 16.3. The molecule has 106 valence electrons. The van der Waals surface area contributed by atoms with E-state index in [1.807, 2.05) is 0 Å². The summed E-state index contributed by atoms with van der Waals surface area (Å²) in [6.45, 7) is 0. The fourth-order valence-corrected chi connectivity index (χ4v) is 2.07. The van der Waals surface area contributed by atoms with Gasteiger partial charge < -0.3 is 11.1 Å². The summed E-state index contributed by atoms with van der Waals surface area (Å²) in [7, 11) is 0. The van der Waals surface area contributed by atoms with Gasteiger partial charge >= 0.3 is 5.51 Å². The molecule has 1 atom stereocenters. The van der Waals surface area contributed by atoms with E-state index in [4.69, 9.17) is 5.73 Å². The lowest BCUT2D eigenvalue weighted by Crippen LogP contribution is -2.36. The molecule has 0 aliphatic carbocycles. The molecule has 1 rings (SSSR count). The molecular weight excluding hydrogens is 345 g/mol. The molecule has 0 radical (unpaired) electrons. The van der Waals surface area contributed by atoms with Crippen LogP contribution >= 0.6 is 27.7 Å². The van der Waals surface area contributed by atoms with Crippen LogP contribution < -0.4 is 11.1 Å². The maximum Gasteiger partial charge on any atom is 0.441 e. The number of amides is 1. The number of alkyl halides is 3. The summed E-state index contributed by atoms with van der Waals surface area (Å²) in [5.74, 6) is -0.733. The van der Waals surface area contributed by atoms with Crippen LogP contribution in [0.1, 0.15) is 6.42 Å². The van der Waals surface area contributed by atoms with E-state index >= 15 is 0 Å². The molecule has 0 heterocycles. The van der Waals surface area contributed by atoms with Gasteiger partial charge in [-0.05, 0) is 30.7 Å². The van der Waals surface area contributed by atoms with Crippen molar-refractivity contribution in [3.05, 3.63) is 28.7 Å². The van der Waals surface area contributed by atoms with Gasteiger partial charge in [-0.25, -0.2) is 0 Å². The molecule has 3 N–H and O–H groups in total. The number of halogens is 4. The first-order valence-electron chi connectivity index (χ1n) is 5.30. The molecular formula is C11H12BrF3N2OS. The van der Waals surface area contributed by atoms with Crippen LogP contribution in [0.25, 0.3) is 0 Å². The lowest BCUT2D eigenvalue weighted by atomic mass is 10.2. The van der Waals surface area contributed by atoms with Gasteiger partial charge in [0.15, 0.2) is 0 Å². The molecule has 1 aromatic rings. The van der Waals surface area contributed by atoms with Crippen molar-refractivity contribution in [2.45, 2.75) is 18.0 Å². The first-order valence-corrected chi connectivity index (χ1v) is 7.08. The number of hydrogen-bond acceptors (Lipinski definition) is 3. The van der Waals surface area contributed by atoms with Gasteiger partial charge in [0.1, 0.15) is 0 Å². The number of anilines is 1. The predicted molar refractivity (Wildman–Crippen MR) is 73.9 cm³/mol. The molecule has 0 spiro atoms. The van der Waals surface area contributed by atoms with Crippen molar-refractivity contribution in [2.75, 3.05) is 11.1 Å². The van der Waals surface area contributed by atoms with E-state index in [9.17, 15) is 18.0 Å². The monoisotopic (exact) mass is 356 g/mol. The summed E-state index contributed by atoms with van der Waals surface area (Å²) in [4.78, 5) is 11.6. The molecule has 1 unspecified atom stereocenters. The van der Waals surface area contributed by atoms with E-state index in [-0.39, 0.29) is 23.9 Å². The van der Waals surface area contributed by atoms with Crippen molar-refractivity contribution in [1.82, 2.24) is 0 Å². The first-order chi connectivity index (χ1) is 8.78. The largest absolute Gasteiger partial charge is 0.441 e. The Morgan fingerprint density at radius 2 is 1.95 bits per heavy atom.